The van der Waals surface area contributed by atoms with E-state index in [1.165, 1.54) is 17.8 Å². The number of aromatic amines is 1. The number of aliphatic hydroxyl groups is 3. The van der Waals surface area contributed by atoms with Crippen LogP contribution in [0.5, 0.6) is 0 Å². The number of hydrogen-bond donors (Lipinski definition) is 4. The highest BCUT2D eigenvalue weighted by Crippen LogP contribution is 2.27. The molecule has 4 atom stereocenters. The zero-order valence-electron chi connectivity index (χ0n) is 10.0. The lowest BCUT2D eigenvalue weighted by Crippen LogP contribution is -2.42. The normalized spacial score (nSPS) is 30.7. The van der Waals surface area contributed by atoms with Crippen molar-refractivity contribution in [3.8, 4) is 0 Å². The quantitative estimate of drug-likeness (QED) is 0.370. The van der Waals surface area contributed by atoms with Crippen molar-refractivity contribution in [2.24, 2.45) is 0 Å². The van der Waals surface area contributed by atoms with E-state index in [9.17, 15) is 19.8 Å². The van der Waals surface area contributed by atoms with Gasteiger partial charge in [-0.15, -0.1) is 11.8 Å². The Kier molecular flexibility index (Phi) is 4.11. The van der Waals surface area contributed by atoms with Crippen molar-refractivity contribution in [2.45, 2.75) is 29.6 Å². The summed E-state index contributed by atoms with van der Waals surface area (Å²) in [5.74, 6) is 0. The molecule has 8 nitrogen and oxygen atoms in total. The summed E-state index contributed by atoms with van der Waals surface area (Å²) in [7, 11) is 0. The molecule has 0 aliphatic carbocycles. The van der Waals surface area contributed by atoms with Crippen LogP contribution in [0.15, 0.2) is 20.7 Å². The predicted molar refractivity (Wildman–Crippen MR) is 66.1 cm³/mol. The highest BCUT2D eigenvalue weighted by molar-refractivity contribution is 7.98. The van der Waals surface area contributed by atoms with Gasteiger partial charge in [-0.05, 0) is 6.26 Å². The maximum atomic E-state index is 11.8. The van der Waals surface area contributed by atoms with Crippen molar-refractivity contribution in [1.82, 2.24) is 9.55 Å². The number of nitrogens with zero attached hydrogens (tertiary/aromatic N) is 1. The Morgan fingerprint density at radius 3 is 2.58 bits per heavy atom. The molecular formula is C10H14N2O6S. The van der Waals surface area contributed by atoms with Crippen LogP contribution in [0, 0.1) is 0 Å². The van der Waals surface area contributed by atoms with Crippen molar-refractivity contribution < 1.29 is 20.1 Å². The number of hydrogen-bond acceptors (Lipinski definition) is 7. The summed E-state index contributed by atoms with van der Waals surface area (Å²) in [6.45, 7) is -0.524. The molecule has 0 bridgehead atoms. The Morgan fingerprint density at radius 1 is 1.42 bits per heavy atom. The zero-order chi connectivity index (χ0) is 14.2. The smallest absolute Gasteiger partial charge is 0.331 e. The third-order valence-corrected chi connectivity index (χ3v) is 3.59. The van der Waals surface area contributed by atoms with Crippen LogP contribution in [0.1, 0.15) is 6.23 Å². The summed E-state index contributed by atoms with van der Waals surface area (Å²) in [6, 6.07) is 1.20. The van der Waals surface area contributed by atoms with Crippen molar-refractivity contribution in [1.29, 1.82) is 0 Å². The Morgan fingerprint density at radius 2 is 2.11 bits per heavy atom. The second kappa shape index (κ2) is 5.47. The first-order valence-electron chi connectivity index (χ1n) is 5.52. The standard InChI is InChI=1S/C10H14N2O6S/c1-19-5-2-6(14)12(10(17)11-5)9-8(16)7(15)4(3-13)18-9/h2,4,7-9,13,15-16H,3H2,1H3,(H,11,17)/t4-,7+,8-,9+/m0/s1. The Hall–Kier alpha value is -1.13. The minimum Gasteiger partial charge on any atom is -0.394 e. The first-order chi connectivity index (χ1) is 8.99. The molecule has 0 saturated carbocycles. The molecule has 2 rings (SSSR count). The van der Waals surface area contributed by atoms with Crippen LogP contribution in [0.4, 0.5) is 0 Å². The van der Waals surface area contributed by atoms with E-state index < -0.39 is 42.4 Å². The number of rotatable bonds is 3. The molecule has 1 aliphatic heterocycles. The molecule has 1 fully saturated rings. The molecule has 0 unspecified atom stereocenters. The third kappa shape index (κ3) is 2.47. The Bertz CT molecular complexity index is 539. The number of ether oxygens (including phenoxy) is 1. The van der Waals surface area contributed by atoms with Gasteiger partial charge < -0.3 is 25.0 Å². The number of H-pyrrole nitrogens is 1. The minimum absolute atomic E-state index is 0.387. The summed E-state index contributed by atoms with van der Waals surface area (Å²) < 4.78 is 5.83. The van der Waals surface area contributed by atoms with Gasteiger partial charge in [-0.25, -0.2) is 9.36 Å². The molecule has 19 heavy (non-hydrogen) atoms. The van der Waals surface area contributed by atoms with Gasteiger partial charge in [-0.1, -0.05) is 0 Å². The van der Waals surface area contributed by atoms with E-state index in [0.717, 1.165) is 0 Å². The summed E-state index contributed by atoms with van der Waals surface area (Å²) in [4.78, 5) is 26.1. The molecular weight excluding hydrogens is 276 g/mol. The van der Waals surface area contributed by atoms with Crippen LogP contribution >= 0.6 is 11.8 Å². The fraction of sp³-hybridized carbons (Fsp3) is 0.600. The second-order valence-corrected chi connectivity index (χ2v) is 4.93. The molecule has 106 valence electrons. The van der Waals surface area contributed by atoms with Crippen molar-refractivity contribution in [2.75, 3.05) is 12.9 Å². The van der Waals surface area contributed by atoms with E-state index >= 15 is 0 Å². The zero-order valence-corrected chi connectivity index (χ0v) is 10.8. The minimum atomic E-state index is -1.46. The molecule has 0 spiro atoms. The monoisotopic (exact) mass is 290 g/mol. The second-order valence-electron chi connectivity index (χ2n) is 4.08. The van der Waals surface area contributed by atoms with Gasteiger partial charge in [0.2, 0.25) is 0 Å². The lowest BCUT2D eigenvalue weighted by atomic mass is 10.1. The van der Waals surface area contributed by atoms with E-state index in [2.05, 4.69) is 4.98 Å². The molecule has 0 radical (unpaired) electrons. The lowest BCUT2D eigenvalue weighted by Gasteiger charge is -2.16. The van der Waals surface area contributed by atoms with Crippen molar-refractivity contribution in [3.63, 3.8) is 0 Å². The maximum Gasteiger partial charge on any atom is 0.331 e. The maximum absolute atomic E-state index is 11.8. The largest absolute Gasteiger partial charge is 0.394 e. The molecule has 0 aromatic carbocycles. The van der Waals surface area contributed by atoms with Gasteiger partial charge in [0.25, 0.3) is 5.56 Å². The average molecular weight is 290 g/mol. The van der Waals surface area contributed by atoms with Crippen LogP contribution in [-0.4, -0.2) is 56.0 Å². The summed E-state index contributed by atoms with van der Waals surface area (Å²) in [5, 5.41) is 28.7. The highest BCUT2D eigenvalue weighted by atomic mass is 32.2. The van der Waals surface area contributed by atoms with Gasteiger partial charge in [0.05, 0.1) is 11.6 Å². The van der Waals surface area contributed by atoms with E-state index in [-0.39, 0.29) is 0 Å². The van der Waals surface area contributed by atoms with Crippen molar-refractivity contribution >= 4 is 11.8 Å². The van der Waals surface area contributed by atoms with Gasteiger partial charge in [0.15, 0.2) is 6.23 Å². The molecule has 4 N–H and O–H groups in total. The fourth-order valence-corrected chi connectivity index (χ4v) is 2.34. The molecule has 2 heterocycles. The third-order valence-electron chi connectivity index (χ3n) is 2.93. The number of aromatic nitrogens is 2. The highest BCUT2D eigenvalue weighted by Gasteiger charge is 2.44. The van der Waals surface area contributed by atoms with Crippen LogP contribution < -0.4 is 11.2 Å². The van der Waals surface area contributed by atoms with E-state index in [1.54, 1.807) is 6.26 Å². The van der Waals surface area contributed by atoms with E-state index in [4.69, 9.17) is 9.84 Å². The van der Waals surface area contributed by atoms with Gasteiger partial charge in [0.1, 0.15) is 18.3 Å². The topological polar surface area (TPSA) is 125 Å². The molecule has 1 aromatic rings. The van der Waals surface area contributed by atoms with Gasteiger partial charge >= 0.3 is 5.69 Å². The Balaban J connectivity index is 2.44. The van der Waals surface area contributed by atoms with Gasteiger partial charge in [0, 0.05) is 6.07 Å². The van der Waals surface area contributed by atoms with E-state index in [1.807, 2.05) is 0 Å². The lowest BCUT2D eigenvalue weighted by molar-refractivity contribution is -0.0566. The molecule has 0 amide bonds. The first kappa shape index (κ1) is 14.3. The SMILES string of the molecule is CSc1cc(=O)n([C@@H]2O[C@@H](CO)[C@@H](O)[C@@H]2O)c(=O)[nH]1. The fourth-order valence-electron chi connectivity index (χ4n) is 1.93. The van der Waals surface area contributed by atoms with Crippen LogP contribution in [0.2, 0.25) is 0 Å². The van der Waals surface area contributed by atoms with Crippen LogP contribution in [-0.2, 0) is 4.74 Å². The van der Waals surface area contributed by atoms with Gasteiger partial charge in [-0.2, -0.15) is 0 Å². The van der Waals surface area contributed by atoms with E-state index in [0.29, 0.717) is 9.59 Å². The van der Waals surface area contributed by atoms with Crippen LogP contribution in [0.3, 0.4) is 0 Å². The van der Waals surface area contributed by atoms with Crippen LogP contribution in [0.25, 0.3) is 0 Å². The predicted octanol–water partition coefficient (Wildman–Crippen LogP) is -2.13. The first-order valence-corrected chi connectivity index (χ1v) is 6.74. The molecule has 1 aromatic heterocycles. The molecule has 1 aliphatic rings. The number of nitrogens with one attached hydrogen (secondary N) is 1. The molecule has 9 heteroatoms. The average Bonchev–Trinajstić information content (AvgIpc) is 2.66. The van der Waals surface area contributed by atoms with Gasteiger partial charge in [-0.3, -0.25) is 4.79 Å². The summed E-state index contributed by atoms with van der Waals surface area (Å²) in [5.41, 5.74) is -1.39. The summed E-state index contributed by atoms with van der Waals surface area (Å²) in [6.07, 6.45) is -3.48. The summed E-state index contributed by atoms with van der Waals surface area (Å²) >= 11 is 1.19. The number of aliphatic hydroxyl groups excluding tert-OH is 3. The molecule has 1 saturated heterocycles. The Labute approximate surface area is 111 Å². The number of thioether (sulfide) groups is 1. The van der Waals surface area contributed by atoms with Crippen molar-refractivity contribution in [3.05, 3.63) is 26.9 Å².